The number of hydrogen-bond donors (Lipinski definition) is 1. The van der Waals surface area contributed by atoms with Gasteiger partial charge < -0.3 is 19.3 Å². The largest absolute Gasteiger partial charge is 0.489 e. The van der Waals surface area contributed by atoms with Crippen LogP contribution < -0.4 is 9.47 Å². The number of esters is 1. The smallest absolute Gasteiger partial charge is 0.339 e. The lowest BCUT2D eigenvalue weighted by Crippen LogP contribution is -2.17. The summed E-state index contributed by atoms with van der Waals surface area (Å²) in [5.74, 6) is 0.618. The normalized spacial score (nSPS) is 19.8. The van der Waals surface area contributed by atoms with Crippen molar-refractivity contribution in [1.82, 2.24) is 0 Å². The van der Waals surface area contributed by atoms with Crippen LogP contribution in [0, 0.1) is 12.3 Å². The third kappa shape index (κ3) is 2.70. The Morgan fingerprint density at radius 1 is 1.33 bits per heavy atom. The second-order valence-corrected chi connectivity index (χ2v) is 5.89. The van der Waals surface area contributed by atoms with Gasteiger partial charge in [0.15, 0.2) is 17.6 Å². The highest BCUT2D eigenvalue weighted by molar-refractivity contribution is 5.77. The molecule has 0 radical (unpaired) electrons. The van der Waals surface area contributed by atoms with Gasteiger partial charge in [-0.25, -0.2) is 4.79 Å². The number of aryl methyl sites for hydroxylation is 1. The molecule has 3 rings (SSSR count). The van der Waals surface area contributed by atoms with Gasteiger partial charge in [-0.3, -0.25) is 0 Å². The number of aliphatic hydroxyl groups is 1. The maximum absolute atomic E-state index is 11.7. The van der Waals surface area contributed by atoms with Gasteiger partial charge in [0.1, 0.15) is 0 Å². The Kier molecular flexibility index (Phi) is 3.53. The summed E-state index contributed by atoms with van der Waals surface area (Å²) in [6, 6.07) is 3.50. The molecule has 1 aliphatic carbocycles. The SMILES string of the molecule is CCOC(=O)C(O)c1cc2c(cc1C)OCC1(CC1)CO2. The zero-order valence-corrected chi connectivity index (χ0v) is 12.3. The van der Waals surface area contributed by atoms with Crippen LogP contribution in [0.3, 0.4) is 0 Å². The molecule has 1 spiro atoms. The molecular weight excluding hydrogens is 272 g/mol. The van der Waals surface area contributed by atoms with Gasteiger partial charge in [-0.15, -0.1) is 0 Å². The fraction of sp³-hybridized carbons (Fsp3) is 0.562. The van der Waals surface area contributed by atoms with Crippen molar-refractivity contribution in [2.24, 2.45) is 5.41 Å². The third-order valence-corrected chi connectivity index (χ3v) is 4.16. The van der Waals surface area contributed by atoms with Crippen LogP contribution in [0.2, 0.25) is 0 Å². The number of aliphatic hydroxyl groups excluding tert-OH is 1. The predicted octanol–water partition coefficient (Wildman–Crippen LogP) is 2.14. The number of benzene rings is 1. The molecule has 1 aliphatic heterocycles. The molecule has 1 aromatic carbocycles. The maximum atomic E-state index is 11.7. The van der Waals surface area contributed by atoms with E-state index < -0.39 is 12.1 Å². The van der Waals surface area contributed by atoms with Crippen molar-refractivity contribution in [1.29, 1.82) is 0 Å². The average molecular weight is 292 g/mol. The predicted molar refractivity (Wildman–Crippen MR) is 75.4 cm³/mol. The third-order valence-electron chi connectivity index (χ3n) is 4.16. The van der Waals surface area contributed by atoms with Gasteiger partial charge in [0.05, 0.1) is 19.8 Å². The van der Waals surface area contributed by atoms with Crippen molar-refractivity contribution < 1.29 is 24.1 Å². The zero-order chi connectivity index (χ0) is 15.0. The summed E-state index contributed by atoms with van der Waals surface area (Å²) in [7, 11) is 0. The molecule has 1 heterocycles. The molecule has 1 N–H and O–H groups in total. The number of ether oxygens (including phenoxy) is 3. The van der Waals surface area contributed by atoms with E-state index in [-0.39, 0.29) is 12.0 Å². The van der Waals surface area contributed by atoms with Gasteiger partial charge in [0, 0.05) is 5.41 Å². The molecule has 5 heteroatoms. The first-order chi connectivity index (χ1) is 10.0. The molecule has 0 aromatic heterocycles. The second kappa shape index (κ2) is 5.22. The molecule has 1 fully saturated rings. The van der Waals surface area contributed by atoms with E-state index in [1.165, 1.54) is 0 Å². The van der Waals surface area contributed by atoms with E-state index in [4.69, 9.17) is 14.2 Å². The van der Waals surface area contributed by atoms with E-state index in [0.29, 0.717) is 30.3 Å². The number of fused-ring (bicyclic) bond motifs is 1. The Morgan fingerprint density at radius 3 is 2.52 bits per heavy atom. The van der Waals surface area contributed by atoms with Crippen LogP contribution in [0.15, 0.2) is 12.1 Å². The van der Waals surface area contributed by atoms with Crippen molar-refractivity contribution in [2.45, 2.75) is 32.8 Å². The molecule has 0 bridgehead atoms. The highest BCUT2D eigenvalue weighted by Gasteiger charge is 2.46. The van der Waals surface area contributed by atoms with E-state index in [1.807, 2.05) is 13.0 Å². The number of hydrogen-bond acceptors (Lipinski definition) is 5. The Labute approximate surface area is 123 Å². The van der Waals surface area contributed by atoms with E-state index >= 15 is 0 Å². The molecule has 5 nitrogen and oxygen atoms in total. The Morgan fingerprint density at radius 2 is 1.95 bits per heavy atom. The van der Waals surface area contributed by atoms with Crippen molar-refractivity contribution in [3.63, 3.8) is 0 Å². The van der Waals surface area contributed by atoms with Gasteiger partial charge in [-0.2, -0.15) is 0 Å². The maximum Gasteiger partial charge on any atom is 0.339 e. The van der Waals surface area contributed by atoms with Crippen LogP contribution in [-0.2, 0) is 9.53 Å². The molecule has 1 saturated carbocycles. The fourth-order valence-corrected chi connectivity index (χ4v) is 2.51. The summed E-state index contributed by atoms with van der Waals surface area (Å²) >= 11 is 0. The minimum absolute atomic E-state index is 0.160. The number of rotatable bonds is 3. The average Bonchev–Trinajstić information content (AvgIpc) is 3.26. The number of carbonyl (C=O) groups is 1. The van der Waals surface area contributed by atoms with Gasteiger partial charge in [0.2, 0.25) is 0 Å². The van der Waals surface area contributed by atoms with Gasteiger partial charge in [0.25, 0.3) is 0 Å². The molecule has 1 unspecified atom stereocenters. The first-order valence-corrected chi connectivity index (χ1v) is 7.29. The zero-order valence-electron chi connectivity index (χ0n) is 12.3. The Bertz CT molecular complexity index is 562. The molecule has 0 saturated heterocycles. The molecular formula is C16H20O5. The topological polar surface area (TPSA) is 65.0 Å². The Hall–Kier alpha value is -1.75. The first-order valence-electron chi connectivity index (χ1n) is 7.29. The number of carbonyl (C=O) groups excluding carboxylic acids is 1. The second-order valence-electron chi connectivity index (χ2n) is 5.89. The van der Waals surface area contributed by atoms with E-state index in [9.17, 15) is 9.90 Å². The van der Waals surface area contributed by atoms with Gasteiger partial charge >= 0.3 is 5.97 Å². The highest BCUT2D eigenvalue weighted by atomic mass is 16.5. The summed E-state index contributed by atoms with van der Waals surface area (Å²) in [6.45, 7) is 5.07. The van der Waals surface area contributed by atoms with Crippen LogP contribution in [0.1, 0.15) is 37.0 Å². The summed E-state index contributed by atoms with van der Waals surface area (Å²) in [5.41, 5.74) is 1.44. The minimum Gasteiger partial charge on any atom is -0.489 e. The lowest BCUT2D eigenvalue weighted by molar-refractivity contribution is -0.153. The molecule has 1 atom stereocenters. The van der Waals surface area contributed by atoms with Crippen molar-refractivity contribution in [3.8, 4) is 11.5 Å². The Balaban J connectivity index is 1.87. The van der Waals surface area contributed by atoms with Crippen LogP contribution in [-0.4, -0.2) is 30.9 Å². The quantitative estimate of drug-likeness (QED) is 0.865. The van der Waals surface area contributed by atoms with Crippen LogP contribution in [0.4, 0.5) is 0 Å². The summed E-state index contributed by atoms with van der Waals surface area (Å²) in [4.78, 5) is 11.7. The van der Waals surface area contributed by atoms with E-state index in [0.717, 1.165) is 18.4 Å². The molecule has 21 heavy (non-hydrogen) atoms. The van der Waals surface area contributed by atoms with Crippen LogP contribution >= 0.6 is 0 Å². The summed E-state index contributed by atoms with van der Waals surface area (Å²) in [5, 5.41) is 10.1. The van der Waals surface area contributed by atoms with Crippen molar-refractivity contribution >= 4 is 5.97 Å². The molecule has 1 aromatic rings. The van der Waals surface area contributed by atoms with E-state index in [2.05, 4.69) is 0 Å². The van der Waals surface area contributed by atoms with Crippen molar-refractivity contribution in [3.05, 3.63) is 23.3 Å². The minimum atomic E-state index is -1.29. The van der Waals surface area contributed by atoms with Crippen LogP contribution in [0.25, 0.3) is 0 Å². The van der Waals surface area contributed by atoms with Crippen molar-refractivity contribution in [2.75, 3.05) is 19.8 Å². The van der Waals surface area contributed by atoms with Gasteiger partial charge in [-0.1, -0.05) is 0 Å². The first kappa shape index (κ1) is 14.2. The lowest BCUT2D eigenvalue weighted by atomic mass is 10.0. The molecule has 2 aliphatic rings. The summed E-state index contributed by atoms with van der Waals surface area (Å²) in [6.07, 6.45) is 0.952. The molecule has 114 valence electrons. The molecule has 0 amide bonds. The lowest BCUT2D eigenvalue weighted by Gasteiger charge is -2.16. The van der Waals surface area contributed by atoms with E-state index in [1.54, 1.807) is 13.0 Å². The highest BCUT2D eigenvalue weighted by Crippen LogP contribution is 2.49. The monoisotopic (exact) mass is 292 g/mol. The van der Waals surface area contributed by atoms with Gasteiger partial charge in [-0.05, 0) is 49.9 Å². The summed E-state index contributed by atoms with van der Waals surface area (Å²) < 4.78 is 16.5. The fourth-order valence-electron chi connectivity index (χ4n) is 2.51. The van der Waals surface area contributed by atoms with Crippen LogP contribution in [0.5, 0.6) is 11.5 Å². The standard InChI is InChI=1S/C16H20O5/c1-3-19-15(18)14(17)11-7-13-12(6-10(11)2)20-8-16(4-5-16)9-21-13/h6-7,14,17H,3-5,8-9H2,1-2H3.